The van der Waals surface area contributed by atoms with E-state index in [4.69, 9.17) is 17.3 Å². The standard InChI is InChI=1S/C12H16ClN3/c1-16(2)12(6-14)10-7-15-11-4-3-8(13)5-9(10)11/h3-5,7,12,15H,6,14H2,1-2H3. The molecule has 0 bridgehead atoms. The van der Waals surface area contributed by atoms with Crippen LogP contribution in [0.3, 0.4) is 0 Å². The summed E-state index contributed by atoms with van der Waals surface area (Å²) < 4.78 is 0. The molecule has 0 saturated carbocycles. The van der Waals surface area contributed by atoms with Crippen LogP contribution in [-0.2, 0) is 0 Å². The predicted octanol–water partition coefficient (Wildman–Crippen LogP) is 2.38. The van der Waals surface area contributed by atoms with Crippen molar-refractivity contribution in [3.63, 3.8) is 0 Å². The maximum absolute atomic E-state index is 6.02. The summed E-state index contributed by atoms with van der Waals surface area (Å²) in [7, 11) is 4.06. The van der Waals surface area contributed by atoms with Crippen LogP contribution >= 0.6 is 11.6 Å². The van der Waals surface area contributed by atoms with Crippen LogP contribution in [0.25, 0.3) is 10.9 Å². The third-order valence-electron chi connectivity index (χ3n) is 2.88. The van der Waals surface area contributed by atoms with E-state index in [9.17, 15) is 0 Å². The lowest BCUT2D eigenvalue weighted by atomic mass is 10.1. The number of hydrogen-bond acceptors (Lipinski definition) is 2. The van der Waals surface area contributed by atoms with Gasteiger partial charge in [0.15, 0.2) is 0 Å². The van der Waals surface area contributed by atoms with Gasteiger partial charge in [-0.25, -0.2) is 0 Å². The second kappa shape index (κ2) is 4.45. The number of H-pyrrole nitrogens is 1. The Hall–Kier alpha value is -1.03. The fraction of sp³-hybridized carbons (Fsp3) is 0.333. The largest absolute Gasteiger partial charge is 0.361 e. The summed E-state index contributed by atoms with van der Waals surface area (Å²) in [6.45, 7) is 0.590. The molecule has 16 heavy (non-hydrogen) atoms. The number of fused-ring (bicyclic) bond motifs is 1. The number of rotatable bonds is 3. The van der Waals surface area contributed by atoms with Crippen molar-refractivity contribution in [2.75, 3.05) is 20.6 Å². The predicted molar refractivity (Wildman–Crippen MR) is 68.8 cm³/mol. The van der Waals surface area contributed by atoms with Crippen molar-refractivity contribution in [1.29, 1.82) is 0 Å². The molecule has 1 aromatic heterocycles. The lowest BCUT2D eigenvalue weighted by Crippen LogP contribution is -2.26. The van der Waals surface area contributed by atoms with Crippen LogP contribution < -0.4 is 5.73 Å². The minimum Gasteiger partial charge on any atom is -0.361 e. The van der Waals surface area contributed by atoms with Gasteiger partial charge in [-0.05, 0) is 37.9 Å². The number of halogens is 1. The molecule has 2 rings (SSSR count). The van der Waals surface area contributed by atoms with E-state index in [1.54, 1.807) is 0 Å². The maximum Gasteiger partial charge on any atom is 0.0485 e. The SMILES string of the molecule is CN(C)C(CN)c1c[nH]c2ccc(Cl)cc12. The number of nitrogens with zero attached hydrogens (tertiary/aromatic N) is 1. The Labute approximate surface area is 100 Å². The molecule has 1 aromatic carbocycles. The van der Waals surface area contributed by atoms with Crippen LogP contribution in [0.1, 0.15) is 11.6 Å². The molecule has 86 valence electrons. The van der Waals surface area contributed by atoms with Crippen molar-refractivity contribution in [2.24, 2.45) is 5.73 Å². The van der Waals surface area contributed by atoms with Gasteiger partial charge >= 0.3 is 0 Å². The Morgan fingerprint density at radius 1 is 1.44 bits per heavy atom. The lowest BCUT2D eigenvalue weighted by molar-refractivity contribution is 0.308. The Kier molecular flexibility index (Phi) is 3.19. The quantitative estimate of drug-likeness (QED) is 0.861. The first kappa shape index (κ1) is 11.5. The average molecular weight is 238 g/mol. The second-order valence-electron chi connectivity index (χ2n) is 4.15. The van der Waals surface area contributed by atoms with E-state index in [2.05, 4.69) is 9.88 Å². The van der Waals surface area contributed by atoms with E-state index >= 15 is 0 Å². The number of nitrogens with one attached hydrogen (secondary N) is 1. The maximum atomic E-state index is 6.02. The van der Waals surface area contributed by atoms with E-state index in [0.717, 1.165) is 15.9 Å². The number of likely N-dealkylation sites (N-methyl/N-ethyl adjacent to an activating group) is 1. The number of aromatic amines is 1. The Morgan fingerprint density at radius 3 is 2.81 bits per heavy atom. The molecule has 3 N–H and O–H groups in total. The van der Waals surface area contributed by atoms with Crippen LogP contribution in [0.4, 0.5) is 0 Å². The second-order valence-corrected chi connectivity index (χ2v) is 4.59. The van der Waals surface area contributed by atoms with Crippen molar-refractivity contribution in [1.82, 2.24) is 9.88 Å². The summed E-state index contributed by atoms with van der Waals surface area (Å²) in [5.74, 6) is 0. The zero-order chi connectivity index (χ0) is 11.7. The fourth-order valence-corrected chi connectivity index (χ4v) is 2.18. The van der Waals surface area contributed by atoms with Crippen molar-refractivity contribution in [3.8, 4) is 0 Å². The van der Waals surface area contributed by atoms with Gasteiger partial charge in [0.25, 0.3) is 0 Å². The summed E-state index contributed by atoms with van der Waals surface area (Å²) >= 11 is 6.02. The third-order valence-corrected chi connectivity index (χ3v) is 3.12. The first-order valence-corrected chi connectivity index (χ1v) is 5.64. The highest BCUT2D eigenvalue weighted by molar-refractivity contribution is 6.31. The van der Waals surface area contributed by atoms with E-state index in [1.807, 2.05) is 38.5 Å². The molecule has 1 atom stereocenters. The van der Waals surface area contributed by atoms with Gasteiger partial charge in [-0.2, -0.15) is 0 Å². The molecule has 0 fully saturated rings. The number of benzene rings is 1. The Balaban J connectivity index is 2.55. The van der Waals surface area contributed by atoms with E-state index in [1.165, 1.54) is 5.56 Å². The zero-order valence-corrected chi connectivity index (χ0v) is 10.3. The normalized spacial score (nSPS) is 13.6. The van der Waals surface area contributed by atoms with E-state index in [0.29, 0.717) is 6.54 Å². The molecule has 2 aromatic rings. The molecule has 0 spiro atoms. The summed E-state index contributed by atoms with van der Waals surface area (Å²) in [6.07, 6.45) is 2.01. The van der Waals surface area contributed by atoms with Gasteiger partial charge in [0.1, 0.15) is 0 Å². The molecule has 3 nitrogen and oxygen atoms in total. The molecule has 4 heteroatoms. The fourth-order valence-electron chi connectivity index (χ4n) is 2.01. The molecule has 1 unspecified atom stereocenters. The summed E-state index contributed by atoms with van der Waals surface area (Å²) in [6, 6.07) is 6.07. The topological polar surface area (TPSA) is 45.0 Å². The van der Waals surface area contributed by atoms with E-state index in [-0.39, 0.29) is 6.04 Å². The molecule has 0 aliphatic heterocycles. The van der Waals surface area contributed by atoms with Gasteiger partial charge in [-0.3, -0.25) is 0 Å². The monoisotopic (exact) mass is 237 g/mol. The number of hydrogen-bond donors (Lipinski definition) is 2. The van der Waals surface area contributed by atoms with Gasteiger partial charge in [-0.1, -0.05) is 11.6 Å². The molecule has 1 heterocycles. The average Bonchev–Trinajstić information content (AvgIpc) is 2.62. The zero-order valence-electron chi connectivity index (χ0n) is 9.50. The molecule has 0 radical (unpaired) electrons. The minimum atomic E-state index is 0.215. The van der Waals surface area contributed by atoms with Crippen LogP contribution in [0, 0.1) is 0 Å². The number of aromatic nitrogens is 1. The molecule has 0 aliphatic rings. The van der Waals surface area contributed by atoms with E-state index < -0.39 is 0 Å². The molecular formula is C12H16ClN3. The van der Waals surface area contributed by atoms with Gasteiger partial charge in [0, 0.05) is 34.7 Å². The Bertz CT molecular complexity index is 490. The van der Waals surface area contributed by atoms with Crippen molar-refractivity contribution in [2.45, 2.75) is 6.04 Å². The number of nitrogens with two attached hydrogens (primary N) is 1. The highest BCUT2D eigenvalue weighted by Crippen LogP contribution is 2.28. The van der Waals surface area contributed by atoms with Crippen molar-refractivity contribution in [3.05, 3.63) is 35.0 Å². The summed E-state index contributed by atoms with van der Waals surface area (Å²) in [4.78, 5) is 5.36. The van der Waals surface area contributed by atoms with Crippen molar-refractivity contribution < 1.29 is 0 Å². The Morgan fingerprint density at radius 2 is 2.19 bits per heavy atom. The summed E-state index contributed by atoms with van der Waals surface area (Å²) in [5.41, 5.74) is 8.10. The van der Waals surface area contributed by atoms with Gasteiger partial charge in [0.05, 0.1) is 0 Å². The van der Waals surface area contributed by atoms with Crippen LogP contribution in [0.5, 0.6) is 0 Å². The van der Waals surface area contributed by atoms with Crippen molar-refractivity contribution >= 4 is 22.5 Å². The summed E-state index contributed by atoms with van der Waals surface area (Å²) in [5, 5.41) is 1.90. The highest BCUT2D eigenvalue weighted by Gasteiger charge is 2.16. The molecule has 0 amide bonds. The molecular weight excluding hydrogens is 222 g/mol. The molecule has 0 saturated heterocycles. The lowest BCUT2D eigenvalue weighted by Gasteiger charge is -2.22. The van der Waals surface area contributed by atoms with Crippen LogP contribution in [-0.4, -0.2) is 30.5 Å². The first-order valence-electron chi connectivity index (χ1n) is 5.26. The third kappa shape index (κ3) is 1.94. The van der Waals surface area contributed by atoms with Gasteiger partial charge < -0.3 is 15.6 Å². The molecule has 0 aliphatic carbocycles. The van der Waals surface area contributed by atoms with Crippen LogP contribution in [0.2, 0.25) is 5.02 Å². The minimum absolute atomic E-state index is 0.215. The highest BCUT2D eigenvalue weighted by atomic mass is 35.5. The van der Waals surface area contributed by atoms with Gasteiger partial charge in [-0.15, -0.1) is 0 Å². The van der Waals surface area contributed by atoms with Crippen LogP contribution in [0.15, 0.2) is 24.4 Å². The smallest absolute Gasteiger partial charge is 0.0485 e. The van der Waals surface area contributed by atoms with Gasteiger partial charge in [0.2, 0.25) is 0 Å². The first-order chi connectivity index (χ1) is 7.63.